The third-order valence-electron chi connectivity index (χ3n) is 3.45. The minimum absolute atomic E-state index is 0.125. The van der Waals surface area contributed by atoms with Crippen molar-refractivity contribution in [1.82, 2.24) is 20.2 Å². The Morgan fingerprint density at radius 2 is 2.12 bits per heavy atom. The summed E-state index contributed by atoms with van der Waals surface area (Å²) < 4.78 is 16.9. The average Bonchev–Trinajstić information content (AvgIpc) is 3.38. The minimum Gasteiger partial charge on any atom is -0.454 e. The number of thiophene rings is 1. The van der Waals surface area contributed by atoms with Crippen LogP contribution in [0, 0.1) is 0 Å². The molecule has 0 radical (unpaired) electrons. The molecule has 0 N–H and O–H groups in total. The number of Topliss-reactive ketones (excluding diaryl/α,β-unsaturated/α-hetero) is 1. The van der Waals surface area contributed by atoms with E-state index in [0.717, 1.165) is 0 Å². The number of aromatic nitrogens is 4. The fraction of sp³-hybridized carbons (Fsp3) is 0.133. The first kappa shape index (κ1) is 15.3. The maximum atomic E-state index is 12.3. The van der Waals surface area contributed by atoms with E-state index in [9.17, 15) is 9.59 Å². The van der Waals surface area contributed by atoms with Crippen LogP contribution in [-0.4, -0.2) is 45.4 Å². The van der Waals surface area contributed by atoms with Crippen LogP contribution in [0.2, 0.25) is 0 Å². The molecule has 0 amide bonds. The zero-order valence-electron chi connectivity index (χ0n) is 12.6. The summed E-state index contributed by atoms with van der Waals surface area (Å²) in [5, 5.41) is 12.5. The summed E-state index contributed by atoms with van der Waals surface area (Å²) in [6, 6.07) is 6.50. The van der Waals surface area contributed by atoms with Crippen LogP contribution in [0.25, 0.3) is 5.69 Å². The van der Waals surface area contributed by atoms with Gasteiger partial charge >= 0.3 is 5.97 Å². The molecule has 3 heterocycles. The molecule has 10 heteroatoms. The molecule has 0 bridgehead atoms. The fourth-order valence-electron chi connectivity index (χ4n) is 2.26. The monoisotopic (exact) mass is 358 g/mol. The Bertz CT molecular complexity index is 937. The molecule has 2 aromatic heterocycles. The summed E-state index contributed by atoms with van der Waals surface area (Å²) in [6.07, 6.45) is 1.37. The molecule has 1 aliphatic rings. The van der Waals surface area contributed by atoms with E-state index in [2.05, 4.69) is 15.5 Å². The van der Waals surface area contributed by atoms with Gasteiger partial charge < -0.3 is 14.2 Å². The molecule has 4 rings (SSSR count). The van der Waals surface area contributed by atoms with Crippen molar-refractivity contribution in [2.75, 3.05) is 13.4 Å². The number of nitrogens with zero attached hydrogens (tertiary/aromatic N) is 4. The van der Waals surface area contributed by atoms with Gasteiger partial charge in [-0.1, -0.05) is 0 Å². The van der Waals surface area contributed by atoms with Gasteiger partial charge in [0.05, 0.1) is 5.69 Å². The second kappa shape index (κ2) is 6.32. The molecule has 0 atom stereocenters. The highest BCUT2D eigenvalue weighted by Crippen LogP contribution is 2.32. The normalized spacial score (nSPS) is 12.2. The first-order valence-corrected chi connectivity index (χ1v) is 8.01. The van der Waals surface area contributed by atoms with Crippen LogP contribution in [0.4, 0.5) is 0 Å². The average molecular weight is 358 g/mol. The Labute approximate surface area is 144 Å². The van der Waals surface area contributed by atoms with Crippen molar-refractivity contribution in [2.45, 2.75) is 0 Å². The van der Waals surface area contributed by atoms with Gasteiger partial charge in [0.1, 0.15) is 11.2 Å². The summed E-state index contributed by atoms with van der Waals surface area (Å²) in [7, 11) is 0. The molecular weight excluding hydrogens is 348 g/mol. The number of esters is 1. The lowest BCUT2D eigenvalue weighted by Gasteiger charge is -2.05. The quantitative estimate of drug-likeness (QED) is 0.499. The van der Waals surface area contributed by atoms with E-state index in [0.29, 0.717) is 27.6 Å². The van der Waals surface area contributed by atoms with Gasteiger partial charge in [-0.2, -0.15) is 4.68 Å². The van der Waals surface area contributed by atoms with Crippen molar-refractivity contribution < 1.29 is 23.8 Å². The van der Waals surface area contributed by atoms with E-state index in [-0.39, 0.29) is 19.2 Å². The van der Waals surface area contributed by atoms with Crippen LogP contribution in [-0.2, 0) is 4.74 Å². The summed E-state index contributed by atoms with van der Waals surface area (Å²) >= 11 is 1.18. The summed E-state index contributed by atoms with van der Waals surface area (Å²) in [4.78, 5) is 24.8. The number of hydrogen-bond donors (Lipinski definition) is 0. The van der Waals surface area contributed by atoms with Crippen LogP contribution in [0.15, 0.2) is 36.0 Å². The zero-order valence-corrected chi connectivity index (χ0v) is 13.4. The second-order valence-corrected chi connectivity index (χ2v) is 5.87. The molecule has 0 unspecified atom stereocenters. The Morgan fingerprint density at radius 3 is 2.96 bits per heavy atom. The lowest BCUT2D eigenvalue weighted by atomic mass is 10.1. The molecule has 1 aliphatic heterocycles. The summed E-state index contributed by atoms with van der Waals surface area (Å²) in [5.41, 5.74) is 0.874. The van der Waals surface area contributed by atoms with Crippen LogP contribution in [0.5, 0.6) is 11.5 Å². The Kier molecular flexibility index (Phi) is 3.86. The second-order valence-electron chi connectivity index (χ2n) is 4.96. The van der Waals surface area contributed by atoms with Crippen LogP contribution in [0.3, 0.4) is 0 Å². The number of ether oxygens (including phenoxy) is 3. The van der Waals surface area contributed by atoms with Crippen LogP contribution >= 0.6 is 11.3 Å². The van der Waals surface area contributed by atoms with Gasteiger partial charge in [-0.05, 0) is 40.1 Å². The van der Waals surface area contributed by atoms with Gasteiger partial charge in [0.25, 0.3) is 0 Å². The maximum Gasteiger partial charge on any atom is 0.351 e. The number of fused-ring (bicyclic) bond motifs is 1. The van der Waals surface area contributed by atoms with Crippen molar-refractivity contribution in [3.8, 4) is 17.2 Å². The van der Waals surface area contributed by atoms with E-state index >= 15 is 0 Å². The standard InChI is InChI=1S/C15H10N4O5S/c20-11(9-1-2-12-13(5-9)24-8-23-12)6-22-15(21)14-10(3-4-25-14)19-7-16-17-18-19/h1-5,7H,6,8H2. The SMILES string of the molecule is O=C(COC(=O)c1sccc1-n1cnnn1)c1ccc2c(c1)OCO2. The third-order valence-corrected chi connectivity index (χ3v) is 4.34. The van der Waals surface area contributed by atoms with E-state index < -0.39 is 5.97 Å². The predicted octanol–water partition coefficient (Wildman–Crippen LogP) is 1.49. The number of rotatable bonds is 5. The molecule has 25 heavy (non-hydrogen) atoms. The third kappa shape index (κ3) is 2.94. The van der Waals surface area contributed by atoms with Gasteiger partial charge in [-0.15, -0.1) is 16.4 Å². The Morgan fingerprint density at radius 1 is 1.24 bits per heavy atom. The lowest BCUT2D eigenvalue weighted by molar-refractivity contribution is 0.0479. The topological polar surface area (TPSA) is 105 Å². The number of hydrogen-bond acceptors (Lipinski definition) is 9. The van der Waals surface area contributed by atoms with Gasteiger partial charge in [-0.25, -0.2) is 4.79 Å². The Balaban J connectivity index is 1.44. The number of carbonyl (C=O) groups excluding carboxylic acids is 2. The molecule has 0 fully saturated rings. The van der Waals surface area contributed by atoms with Crippen LogP contribution < -0.4 is 9.47 Å². The first-order valence-electron chi connectivity index (χ1n) is 7.13. The zero-order chi connectivity index (χ0) is 17.2. The number of benzene rings is 1. The molecule has 0 aliphatic carbocycles. The van der Waals surface area contributed by atoms with Crippen molar-refractivity contribution in [1.29, 1.82) is 0 Å². The Hall–Kier alpha value is -3.27. The van der Waals surface area contributed by atoms with E-state index in [1.807, 2.05) is 0 Å². The van der Waals surface area contributed by atoms with Gasteiger partial charge in [0, 0.05) is 5.56 Å². The van der Waals surface area contributed by atoms with Crippen molar-refractivity contribution in [3.63, 3.8) is 0 Å². The van der Waals surface area contributed by atoms with Crippen molar-refractivity contribution in [3.05, 3.63) is 46.4 Å². The molecule has 0 saturated heterocycles. The fourth-order valence-corrected chi connectivity index (χ4v) is 3.03. The van der Waals surface area contributed by atoms with Crippen LogP contribution in [0.1, 0.15) is 20.0 Å². The summed E-state index contributed by atoms with van der Waals surface area (Å²) in [6.45, 7) is -0.258. The lowest BCUT2D eigenvalue weighted by Crippen LogP contribution is -2.15. The van der Waals surface area contributed by atoms with Crippen molar-refractivity contribution >= 4 is 23.1 Å². The molecule has 1 aromatic carbocycles. The van der Waals surface area contributed by atoms with Gasteiger partial charge in [-0.3, -0.25) is 4.79 Å². The highest BCUT2D eigenvalue weighted by Gasteiger charge is 2.20. The van der Waals surface area contributed by atoms with Gasteiger partial charge in [0.15, 0.2) is 23.9 Å². The predicted molar refractivity (Wildman–Crippen MR) is 84.2 cm³/mol. The first-order chi connectivity index (χ1) is 12.2. The maximum absolute atomic E-state index is 12.3. The molecular formula is C15H10N4O5S. The molecule has 126 valence electrons. The number of ketones is 1. The largest absolute Gasteiger partial charge is 0.454 e. The summed E-state index contributed by atoms with van der Waals surface area (Å²) in [5.74, 6) is 0.122. The minimum atomic E-state index is -0.616. The van der Waals surface area contributed by atoms with Crippen molar-refractivity contribution in [2.24, 2.45) is 0 Å². The van der Waals surface area contributed by atoms with E-state index in [4.69, 9.17) is 14.2 Å². The molecule has 0 saturated carbocycles. The van der Waals surface area contributed by atoms with E-state index in [1.54, 1.807) is 29.6 Å². The number of tetrazole rings is 1. The highest BCUT2D eigenvalue weighted by molar-refractivity contribution is 7.12. The molecule has 0 spiro atoms. The van der Waals surface area contributed by atoms with Gasteiger partial charge in [0.2, 0.25) is 6.79 Å². The molecule has 9 nitrogen and oxygen atoms in total. The highest BCUT2D eigenvalue weighted by atomic mass is 32.1. The number of carbonyl (C=O) groups is 2. The molecule has 3 aromatic rings. The smallest absolute Gasteiger partial charge is 0.351 e. The van der Waals surface area contributed by atoms with E-state index in [1.165, 1.54) is 22.3 Å².